The molecule has 2 aliphatic rings. The van der Waals surface area contributed by atoms with Crippen molar-refractivity contribution in [2.75, 3.05) is 6.61 Å². The number of urea groups is 1. The summed E-state index contributed by atoms with van der Waals surface area (Å²) in [7, 11) is 0. The van der Waals surface area contributed by atoms with Gasteiger partial charge in [0.1, 0.15) is 11.3 Å². The number of amides is 3. The Kier molecular flexibility index (Phi) is 1.92. The molecule has 88 valence electrons. The van der Waals surface area contributed by atoms with Gasteiger partial charge in [-0.1, -0.05) is 12.1 Å². The van der Waals surface area contributed by atoms with Crippen LogP contribution in [0.25, 0.3) is 0 Å². The molecule has 5 nitrogen and oxygen atoms in total. The molecule has 3 rings (SSSR count). The Bertz CT molecular complexity index is 526. The highest BCUT2D eigenvalue weighted by Crippen LogP contribution is 2.32. The summed E-state index contributed by atoms with van der Waals surface area (Å²) in [5, 5.41) is 4.88. The smallest absolute Gasteiger partial charge is 0.322 e. The Balaban J connectivity index is 2.04. The van der Waals surface area contributed by atoms with Crippen LogP contribution in [0.4, 0.5) is 4.79 Å². The molecule has 1 atom stereocenters. The van der Waals surface area contributed by atoms with Crippen molar-refractivity contribution in [3.63, 3.8) is 0 Å². The van der Waals surface area contributed by atoms with E-state index in [2.05, 4.69) is 10.6 Å². The Morgan fingerprint density at radius 1 is 1.35 bits per heavy atom. The largest absolute Gasteiger partial charge is 0.493 e. The number of carbonyl (C=O) groups is 2. The number of ether oxygens (including phenoxy) is 1. The molecule has 3 amide bonds. The van der Waals surface area contributed by atoms with E-state index in [4.69, 9.17) is 4.74 Å². The fourth-order valence-corrected chi connectivity index (χ4v) is 2.22. The van der Waals surface area contributed by atoms with Crippen molar-refractivity contribution >= 4 is 11.9 Å². The van der Waals surface area contributed by atoms with Crippen molar-refractivity contribution in [3.8, 4) is 5.75 Å². The van der Waals surface area contributed by atoms with Crippen LogP contribution < -0.4 is 15.4 Å². The summed E-state index contributed by atoms with van der Waals surface area (Å²) in [5.41, 5.74) is 0.876. The van der Waals surface area contributed by atoms with Gasteiger partial charge in [0, 0.05) is 6.42 Å². The average Bonchev–Trinajstić information content (AvgIpc) is 2.83. The Hall–Kier alpha value is -2.04. The maximum absolute atomic E-state index is 11.8. The molecule has 0 spiro atoms. The highest BCUT2D eigenvalue weighted by molar-refractivity contribution is 6.07. The normalized spacial score (nSPS) is 26.2. The lowest BCUT2D eigenvalue weighted by Gasteiger charge is -2.21. The molecular weight excluding hydrogens is 220 g/mol. The Labute approximate surface area is 98.1 Å². The summed E-state index contributed by atoms with van der Waals surface area (Å²) in [4.78, 5) is 23.0. The van der Waals surface area contributed by atoms with Crippen LogP contribution >= 0.6 is 0 Å². The Morgan fingerprint density at radius 3 is 2.88 bits per heavy atom. The van der Waals surface area contributed by atoms with E-state index in [1.165, 1.54) is 0 Å². The lowest BCUT2D eigenvalue weighted by Crippen LogP contribution is -2.40. The average molecular weight is 232 g/mol. The number of carbonyl (C=O) groups excluding carboxylic acids is 2. The third kappa shape index (κ3) is 1.39. The summed E-state index contributed by atoms with van der Waals surface area (Å²) in [6, 6.07) is 5.17. The first kappa shape index (κ1) is 10.1. The lowest BCUT2D eigenvalue weighted by molar-refractivity contribution is -0.123. The number of benzene rings is 1. The molecule has 1 aromatic carbocycles. The highest BCUT2D eigenvalue weighted by Gasteiger charge is 2.43. The van der Waals surface area contributed by atoms with Crippen LogP contribution in [0.2, 0.25) is 0 Å². The molecule has 1 unspecified atom stereocenters. The first-order chi connectivity index (χ1) is 8.09. The van der Waals surface area contributed by atoms with E-state index in [-0.39, 0.29) is 5.91 Å². The van der Waals surface area contributed by atoms with Crippen molar-refractivity contribution in [3.05, 3.63) is 29.3 Å². The fraction of sp³-hybridized carbons (Fsp3) is 0.333. The van der Waals surface area contributed by atoms with Gasteiger partial charge in [0.15, 0.2) is 0 Å². The van der Waals surface area contributed by atoms with Crippen molar-refractivity contribution in [1.82, 2.24) is 10.6 Å². The number of hydrogen-bond donors (Lipinski definition) is 2. The minimum atomic E-state index is -1.00. The van der Waals surface area contributed by atoms with Gasteiger partial charge in [0.05, 0.1) is 6.61 Å². The van der Waals surface area contributed by atoms with Gasteiger partial charge in [0.2, 0.25) is 0 Å². The number of hydrogen-bond acceptors (Lipinski definition) is 3. The van der Waals surface area contributed by atoms with Crippen LogP contribution in [-0.2, 0) is 16.8 Å². The van der Waals surface area contributed by atoms with Gasteiger partial charge < -0.3 is 10.1 Å². The summed E-state index contributed by atoms with van der Waals surface area (Å²) in [6.07, 6.45) is 0.894. The van der Waals surface area contributed by atoms with Gasteiger partial charge in [-0.2, -0.15) is 0 Å². The van der Waals surface area contributed by atoms with Gasteiger partial charge in [-0.25, -0.2) is 4.79 Å². The van der Waals surface area contributed by atoms with Crippen LogP contribution in [0.1, 0.15) is 18.1 Å². The SMILES string of the molecule is CC1(c2ccc3c(c2)OCC3)NC(=O)NC1=O. The monoisotopic (exact) mass is 232 g/mol. The molecule has 5 heteroatoms. The number of imide groups is 1. The Morgan fingerprint density at radius 2 is 2.18 bits per heavy atom. The van der Waals surface area contributed by atoms with Gasteiger partial charge >= 0.3 is 6.03 Å². The standard InChI is InChI=1S/C12H12N2O3/c1-12(10(15)13-11(16)14-12)8-3-2-7-4-5-17-9(7)6-8/h2-3,6H,4-5H2,1H3,(H2,13,14,15,16). The summed E-state index contributed by atoms with van der Waals surface area (Å²) < 4.78 is 5.46. The second kappa shape index (κ2) is 3.23. The highest BCUT2D eigenvalue weighted by atomic mass is 16.5. The van der Waals surface area contributed by atoms with Gasteiger partial charge in [-0.05, 0) is 24.1 Å². The third-order valence-corrected chi connectivity index (χ3v) is 3.32. The van der Waals surface area contributed by atoms with E-state index in [0.717, 1.165) is 23.3 Å². The van der Waals surface area contributed by atoms with Crippen LogP contribution in [0.3, 0.4) is 0 Å². The van der Waals surface area contributed by atoms with Gasteiger partial charge in [-0.3, -0.25) is 10.1 Å². The molecule has 1 fully saturated rings. The van der Waals surface area contributed by atoms with E-state index in [1.807, 2.05) is 18.2 Å². The zero-order chi connectivity index (χ0) is 12.0. The maximum atomic E-state index is 11.8. The molecule has 0 aromatic heterocycles. The molecule has 0 radical (unpaired) electrons. The predicted molar refractivity (Wildman–Crippen MR) is 59.7 cm³/mol. The molecule has 0 saturated carbocycles. The molecule has 2 heterocycles. The quantitative estimate of drug-likeness (QED) is 0.699. The van der Waals surface area contributed by atoms with E-state index in [9.17, 15) is 9.59 Å². The van der Waals surface area contributed by atoms with Crippen LogP contribution in [0.5, 0.6) is 5.75 Å². The summed E-state index contributed by atoms with van der Waals surface area (Å²) >= 11 is 0. The molecular formula is C12H12N2O3. The molecule has 0 bridgehead atoms. The first-order valence-electron chi connectivity index (χ1n) is 5.49. The fourth-order valence-electron chi connectivity index (χ4n) is 2.22. The second-order valence-corrected chi connectivity index (χ2v) is 4.45. The number of rotatable bonds is 1. The van der Waals surface area contributed by atoms with Crippen LogP contribution in [-0.4, -0.2) is 18.5 Å². The lowest BCUT2D eigenvalue weighted by atomic mass is 9.91. The van der Waals surface area contributed by atoms with E-state index >= 15 is 0 Å². The van der Waals surface area contributed by atoms with Gasteiger partial charge in [0.25, 0.3) is 5.91 Å². The van der Waals surface area contributed by atoms with E-state index in [1.54, 1.807) is 6.92 Å². The zero-order valence-electron chi connectivity index (χ0n) is 9.37. The first-order valence-corrected chi connectivity index (χ1v) is 5.49. The molecule has 0 aliphatic carbocycles. The molecule has 2 aliphatic heterocycles. The molecule has 1 aromatic rings. The van der Waals surface area contributed by atoms with Crippen molar-refractivity contribution < 1.29 is 14.3 Å². The third-order valence-electron chi connectivity index (χ3n) is 3.32. The minimum Gasteiger partial charge on any atom is -0.493 e. The number of nitrogens with one attached hydrogen (secondary N) is 2. The van der Waals surface area contributed by atoms with E-state index < -0.39 is 11.6 Å². The number of fused-ring (bicyclic) bond motifs is 1. The second-order valence-electron chi connectivity index (χ2n) is 4.45. The van der Waals surface area contributed by atoms with Gasteiger partial charge in [-0.15, -0.1) is 0 Å². The van der Waals surface area contributed by atoms with Crippen LogP contribution in [0, 0.1) is 0 Å². The van der Waals surface area contributed by atoms with E-state index in [0.29, 0.717) is 6.61 Å². The van der Waals surface area contributed by atoms with Crippen molar-refractivity contribution in [2.24, 2.45) is 0 Å². The molecule has 1 saturated heterocycles. The molecule has 17 heavy (non-hydrogen) atoms. The predicted octanol–water partition coefficient (Wildman–Crippen LogP) is 0.676. The van der Waals surface area contributed by atoms with Crippen LogP contribution in [0.15, 0.2) is 18.2 Å². The van der Waals surface area contributed by atoms with Crippen molar-refractivity contribution in [1.29, 1.82) is 0 Å². The topological polar surface area (TPSA) is 67.4 Å². The maximum Gasteiger partial charge on any atom is 0.322 e. The minimum absolute atomic E-state index is 0.333. The molecule has 2 N–H and O–H groups in total. The summed E-state index contributed by atoms with van der Waals surface area (Å²) in [5.74, 6) is 0.470. The zero-order valence-corrected chi connectivity index (χ0v) is 9.37. The summed E-state index contributed by atoms with van der Waals surface area (Å²) in [6.45, 7) is 2.36. The van der Waals surface area contributed by atoms with Crippen molar-refractivity contribution in [2.45, 2.75) is 18.9 Å².